The van der Waals surface area contributed by atoms with E-state index in [2.05, 4.69) is 19.2 Å². The van der Waals surface area contributed by atoms with E-state index in [-0.39, 0.29) is 11.9 Å². The number of Topliss-reactive ketones (excluding diaryl/α,β-unsaturated/α-hetero) is 1. The van der Waals surface area contributed by atoms with Crippen molar-refractivity contribution in [3.8, 4) is 5.75 Å². The summed E-state index contributed by atoms with van der Waals surface area (Å²) in [6.07, 6.45) is 2.51. The Labute approximate surface area is 109 Å². The number of carbonyl (C=O) groups excluding carboxylic acids is 1. The van der Waals surface area contributed by atoms with Gasteiger partial charge in [-0.25, -0.2) is 0 Å². The lowest BCUT2D eigenvalue weighted by atomic mass is 9.97. The molecule has 0 aliphatic carbocycles. The van der Waals surface area contributed by atoms with Crippen LogP contribution in [0.4, 0.5) is 5.69 Å². The second kappa shape index (κ2) is 5.89. The van der Waals surface area contributed by atoms with Gasteiger partial charge in [-0.2, -0.15) is 0 Å². The molecular weight excluding hydrogens is 226 g/mol. The number of carbonyl (C=O) groups is 1. The lowest BCUT2D eigenvalue weighted by Crippen LogP contribution is -2.38. The molecule has 0 saturated heterocycles. The molecule has 0 bridgehead atoms. The van der Waals surface area contributed by atoms with Crippen LogP contribution in [0.15, 0.2) is 24.3 Å². The lowest BCUT2D eigenvalue weighted by Gasteiger charge is -2.27. The molecule has 1 aliphatic heterocycles. The van der Waals surface area contributed by atoms with E-state index in [1.165, 1.54) is 0 Å². The maximum atomic E-state index is 12.1. The third kappa shape index (κ3) is 3.03. The summed E-state index contributed by atoms with van der Waals surface area (Å²) >= 11 is 0. The molecule has 0 aromatic heterocycles. The molecule has 0 radical (unpaired) electrons. The Hall–Kier alpha value is -1.51. The summed E-state index contributed by atoms with van der Waals surface area (Å²) in [4.78, 5) is 12.1. The summed E-state index contributed by atoms with van der Waals surface area (Å²) in [5, 5.41) is 3.25. The third-order valence-corrected chi connectivity index (χ3v) is 3.32. The molecule has 2 unspecified atom stereocenters. The van der Waals surface area contributed by atoms with Crippen LogP contribution in [0.2, 0.25) is 0 Å². The fourth-order valence-electron chi connectivity index (χ4n) is 2.36. The molecule has 18 heavy (non-hydrogen) atoms. The largest absolute Gasteiger partial charge is 0.479 e. The zero-order valence-electron chi connectivity index (χ0n) is 11.1. The number of fused-ring (bicyclic) bond motifs is 1. The first-order chi connectivity index (χ1) is 8.70. The van der Waals surface area contributed by atoms with Crippen LogP contribution in [0.25, 0.3) is 0 Å². The Morgan fingerprint density at radius 1 is 1.50 bits per heavy atom. The fraction of sp³-hybridized carbons (Fsp3) is 0.533. The molecule has 1 aromatic rings. The van der Waals surface area contributed by atoms with E-state index >= 15 is 0 Å². The van der Waals surface area contributed by atoms with E-state index in [0.717, 1.165) is 24.3 Å². The van der Waals surface area contributed by atoms with E-state index in [4.69, 9.17) is 4.74 Å². The number of rotatable bonds is 5. The number of anilines is 1. The maximum absolute atomic E-state index is 12.1. The molecular formula is C15H21NO2. The fourth-order valence-corrected chi connectivity index (χ4v) is 2.36. The van der Waals surface area contributed by atoms with Crippen molar-refractivity contribution < 1.29 is 9.53 Å². The molecule has 0 fully saturated rings. The van der Waals surface area contributed by atoms with Gasteiger partial charge in [-0.1, -0.05) is 38.8 Å². The van der Waals surface area contributed by atoms with E-state index in [0.29, 0.717) is 18.9 Å². The highest BCUT2D eigenvalue weighted by molar-refractivity contribution is 5.85. The van der Waals surface area contributed by atoms with Crippen molar-refractivity contribution in [2.24, 2.45) is 5.92 Å². The summed E-state index contributed by atoms with van der Waals surface area (Å²) in [6.45, 7) is 4.86. The second-order valence-electron chi connectivity index (χ2n) is 5.05. The predicted octanol–water partition coefficient (Wildman–Crippen LogP) is 3.25. The highest BCUT2D eigenvalue weighted by atomic mass is 16.5. The minimum atomic E-state index is -0.334. The average Bonchev–Trinajstić information content (AvgIpc) is 2.38. The van der Waals surface area contributed by atoms with Crippen molar-refractivity contribution in [3.05, 3.63) is 24.3 Å². The molecule has 1 heterocycles. The van der Waals surface area contributed by atoms with Gasteiger partial charge in [-0.15, -0.1) is 0 Å². The Morgan fingerprint density at radius 3 is 3.06 bits per heavy atom. The van der Waals surface area contributed by atoms with Crippen molar-refractivity contribution in [2.75, 3.05) is 11.9 Å². The smallest absolute Gasteiger partial charge is 0.175 e. The van der Waals surface area contributed by atoms with Crippen LogP contribution < -0.4 is 10.1 Å². The predicted molar refractivity (Wildman–Crippen MR) is 73.0 cm³/mol. The summed E-state index contributed by atoms with van der Waals surface area (Å²) in [5.74, 6) is 1.44. The number of hydrogen-bond acceptors (Lipinski definition) is 3. The zero-order chi connectivity index (χ0) is 13.0. The third-order valence-electron chi connectivity index (χ3n) is 3.32. The Bertz CT molecular complexity index is 417. The molecule has 3 nitrogen and oxygen atoms in total. The van der Waals surface area contributed by atoms with Gasteiger partial charge in [-0.3, -0.25) is 4.79 Å². The number of ketones is 1. The number of ether oxygens (including phenoxy) is 1. The monoisotopic (exact) mass is 247 g/mol. The van der Waals surface area contributed by atoms with Crippen LogP contribution in [0, 0.1) is 5.92 Å². The van der Waals surface area contributed by atoms with Crippen molar-refractivity contribution >= 4 is 11.5 Å². The summed E-state index contributed by atoms with van der Waals surface area (Å²) < 4.78 is 5.76. The van der Waals surface area contributed by atoms with Gasteiger partial charge in [0.2, 0.25) is 0 Å². The van der Waals surface area contributed by atoms with Gasteiger partial charge in [0.05, 0.1) is 12.2 Å². The Morgan fingerprint density at radius 2 is 2.28 bits per heavy atom. The number of benzene rings is 1. The first-order valence-corrected chi connectivity index (χ1v) is 6.73. The molecule has 3 heteroatoms. The van der Waals surface area contributed by atoms with Crippen LogP contribution >= 0.6 is 0 Å². The van der Waals surface area contributed by atoms with Crippen molar-refractivity contribution in [3.63, 3.8) is 0 Å². The van der Waals surface area contributed by atoms with E-state index in [1.807, 2.05) is 24.3 Å². The standard InChI is InChI=1S/C15H21NO2/c1-3-6-11(2)9-13(17)15-10-16-12-7-4-5-8-14(12)18-15/h4-5,7-8,11,15-16H,3,6,9-10H2,1-2H3. The van der Waals surface area contributed by atoms with Gasteiger partial charge >= 0.3 is 0 Å². The second-order valence-corrected chi connectivity index (χ2v) is 5.05. The van der Waals surface area contributed by atoms with E-state index < -0.39 is 0 Å². The van der Waals surface area contributed by atoms with Crippen LogP contribution in [0.5, 0.6) is 5.75 Å². The van der Waals surface area contributed by atoms with Crippen molar-refractivity contribution in [2.45, 2.75) is 39.2 Å². The molecule has 0 spiro atoms. The van der Waals surface area contributed by atoms with Crippen LogP contribution in [0.1, 0.15) is 33.1 Å². The molecule has 1 aliphatic rings. The first kappa shape index (κ1) is 12.9. The van der Waals surface area contributed by atoms with Gasteiger partial charge in [0.15, 0.2) is 11.9 Å². The molecule has 2 atom stereocenters. The van der Waals surface area contributed by atoms with Crippen LogP contribution in [-0.2, 0) is 4.79 Å². The highest BCUT2D eigenvalue weighted by Crippen LogP contribution is 2.29. The summed E-state index contributed by atoms with van der Waals surface area (Å²) in [5.41, 5.74) is 0.975. The van der Waals surface area contributed by atoms with Crippen molar-refractivity contribution in [1.82, 2.24) is 0 Å². The zero-order valence-corrected chi connectivity index (χ0v) is 11.1. The SMILES string of the molecule is CCCC(C)CC(=O)C1CNc2ccccc2O1. The van der Waals surface area contributed by atoms with Crippen molar-refractivity contribution in [1.29, 1.82) is 0 Å². The average molecular weight is 247 g/mol. The summed E-state index contributed by atoms with van der Waals surface area (Å²) in [7, 11) is 0. The first-order valence-electron chi connectivity index (χ1n) is 6.73. The Balaban J connectivity index is 1.94. The Kier molecular flexibility index (Phi) is 4.24. The minimum absolute atomic E-state index is 0.206. The van der Waals surface area contributed by atoms with Crippen LogP contribution in [0.3, 0.4) is 0 Å². The van der Waals surface area contributed by atoms with Gasteiger partial charge in [-0.05, 0) is 18.1 Å². The quantitative estimate of drug-likeness (QED) is 0.868. The van der Waals surface area contributed by atoms with Crippen LogP contribution in [-0.4, -0.2) is 18.4 Å². The van der Waals surface area contributed by atoms with Gasteiger partial charge < -0.3 is 10.1 Å². The molecule has 98 valence electrons. The van der Waals surface area contributed by atoms with Gasteiger partial charge in [0.1, 0.15) is 5.75 Å². The van der Waals surface area contributed by atoms with E-state index in [9.17, 15) is 4.79 Å². The molecule has 0 saturated carbocycles. The molecule has 1 N–H and O–H groups in total. The summed E-state index contributed by atoms with van der Waals surface area (Å²) in [6, 6.07) is 7.75. The number of hydrogen-bond donors (Lipinski definition) is 1. The topological polar surface area (TPSA) is 38.3 Å². The lowest BCUT2D eigenvalue weighted by molar-refractivity contribution is -0.126. The molecule has 1 aromatic carbocycles. The normalized spacial score (nSPS) is 19.3. The number of para-hydroxylation sites is 2. The molecule has 0 amide bonds. The number of nitrogens with one attached hydrogen (secondary N) is 1. The molecule has 2 rings (SSSR count). The van der Waals surface area contributed by atoms with E-state index in [1.54, 1.807) is 0 Å². The van der Waals surface area contributed by atoms with Gasteiger partial charge in [0.25, 0.3) is 0 Å². The maximum Gasteiger partial charge on any atom is 0.175 e. The minimum Gasteiger partial charge on any atom is -0.479 e. The van der Waals surface area contributed by atoms with Gasteiger partial charge in [0, 0.05) is 6.42 Å². The highest BCUT2D eigenvalue weighted by Gasteiger charge is 2.26.